The highest BCUT2D eigenvalue weighted by Crippen LogP contribution is 2.30. The minimum Gasteiger partial charge on any atom is -0.484 e. The lowest BCUT2D eigenvalue weighted by Gasteiger charge is -2.07. The Morgan fingerprint density at radius 2 is 2.15 bits per heavy atom. The minimum atomic E-state index is -4.24. The number of likely N-dealkylation sites (N-methyl/N-ethyl adjacent to an activating group) is 1. The SMILES string of the molecule is CCNC(=O)COc1ccc(S(=O)(=O)Cl)c([N+](=O)[O-])c1. The first-order valence-corrected chi connectivity index (χ1v) is 7.69. The maximum Gasteiger partial charge on any atom is 0.292 e. The van der Waals surface area contributed by atoms with Gasteiger partial charge < -0.3 is 10.1 Å². The van der Waals surface area contributed by atoms with Crippen molar-refractivity contribution in [1.82, 2.24) is 5.32 Å². The average Bonchev–Trinajstić information content (AvgIpc) is 2.35. The number of rotatable bonds is 6. The Kier molecular flexibility index (Phi) is 5.28. The van der Waals surface area contributed by atoms with Crippen LogP contribution in [-0.4, -0.2) is 32.4 Å². The maximum absolute atomic E-state index is 11.2. The van der Waals surface area contributed by atoms with Crippen LogP contribution in [0.1, 0.15) is 6.92 Å². The van der Waals surface area contributed by atoms with Gasteiger partial charge in [-0.05, 0) is 19.1 Å². The molecular formula is C10H11ClN2O6S. The summed E-state index contributed by atoms with van der Waals surface area (Å²) < 4.78 is 27.4. The van der Waals surface area contributed by atoms with E-state index < -0.39 is 30.5 Å². The van der Waals surface area contributed by atoms with Crippen molar-refractivity contribution in [1.29, 1.82) is 0 Å². The molecule has 0 aromatic heterocycles. The van der Waals surface area contributed by atoms with Crippen molar-refractivity contribution in [2.75, 3.05) is 13.2 Å². The molecule has 110 valence electrons. The first kappa shape index (κ1) is 16.2. The van der Waals surface area contributed by atoms with Crippen LogP contribution in [0.5, 0.6) is 5.75 Å². The molecule has 0 atom stereocenters. The van der Waals surface area contributed by atoms with Gasteiger partial charge in [0.25, 0.3) is 20.6 Å². The van der Waals surface area contributed by atoms with Crippen LogP contribution in [0.15, 0.2) is 23.1 Å². The molecule has 0 fully saturated rings. The maximum atomic E-state index is 11.2. The number of hydrogen-bond acceptors (Lipinski definition) is 6. The van der Waals surface area contributed by atoms with E-state index in [1.54, 1.807) is 6.92 Å². The zero-order valence-corrected chi connectivity index (χ0v) is 11.9. The molecule has 0 saturated heterocycles. The summed E-state index contributed by atoms with van der Waals surface area (Å²) in [5.74, 6) is -0.406. The van der Waals surface area contributed by atoms with Crippen molar-refractivity contribution in [2.24, 2.45) is 0 Å². The summed E-state index contributed by atoms with van der Waals surface area (Å²) in [6.07, 6.45) is 0. The third-order valence-corrected chi connectivity index (χ3v) is 3.50. The summed E-state index contributed by atoms with van der Waals surface area (Å²) in [7, 11) is 0.852. The minimum absolute atomic E-state index is 0.00739. The Bertz CT molecular complexity index is 631. The second-order valence-electron chi connectivity index (χ2n) is 3.57. The van der Waals surface area contributed by atoms with Gasteiger partial charge in [0.15, 0.2) is 11.5 Å². The third kappa shape index (κ3) is 4.35. The summed E-state index contributed by atoms with van der Waals surface area (Å²) in [5, 5.41) is 13.3. The molecule has 0 aliphatic carbocycles. The molecule has 0 unspecified atom stereocenters. The molecule has 10 heteroatoms. The van der Waals surface area contributed by atoms with Gasteiger partial charge in [-0.25, -0.2) is 8.42 Å². The summed E-state index contributed by atoms with van der Waals surface area (Å²) in [6, 6.07) is 3.03. The lowest BCUT2D eigenvalue weighted by atomic mass is 10.3. The smallest absolute Gasteiger partial charge is 0.292 e. The molecule has 0 bridgehead atoms. The molecule has 1 aromatic rings. The second-order valence-corrected chi connectivity index (χ2v) is 6.10. The normalized spacial score (nSPS) is 10.9. The van der Waals surface area contributed by atoms with Crippen molar-refractivity contribution in [3.05, 3.63) is 28.3 Å². The molecule has 0 saturated carbocycles. The highest BCUT2D eigenvalue weighted by atomic mass is 35.7. The molecule has 0 spiro atoms. The number of nitro groups is 1. The standard InChI is InChI=1S/C10H11ClN2O6S/c1-2-12-10(14)6-19-7-3-4-9(20(11,17)18)8(5-7)13(15)16/h3-5H,2,6H2,1H3,(H,12,14). The summed E-state index contributed by atoms with van der Waals surface area (Å²) in [6.45, 7) is 1.81. The van der Waals surface area contributed by atoms with Gasteiger partial charge in [0, 0.05) is 17.2 Å². The Morgan fingerprint density at radius 3 is 2.65 bits per heavy atom. The fourth-order valence-electron chi connectivity index (χ4n) is 1.33. The molecule has 0 aliphatic rings. The zero-order valence-electron chi connectivity index (χ0n) is 10.3. The molecule has 0 radical (unpaired) electrons. The molecule has 20 heavy (non-hydrogen) atoms. The largest absolute Gasteiger partial charge is 0.484 e. The number of nitrogens with zero attached hydrogens (tertiary/aromatic N) is 1. The third-order valence-electron chi connectivity index (χ3n) is 2.13. The molecule has 0 aliphatic heterocycles. The average molecular weight is 323 g/mol. The number of ether oxygens (including phenoxy) is 1. The van der Waals surface area contributed by atoms with Crippen LogP contribution in [0.3, 0.4) is 0 Å². The van der Waals surface area contributed by atoms with E-state index in [1.807, 2.05) is 0 Å². The van der Waals surface area contributed by atoms with E-state index in [1.165, 1.54) is 6.07 Å². The van der Waals surface area contributed by atoms with Crippen LogP contribution in [0, 0.1) is 10.1 Å². The van der Waals surface area contributed by atoms with E-state index in [2.05, 4.69) is 5.32 Å². The number of halogens is 1. The number of nitro benzene ring substituents is 1. The second kappa shape index (κ2) is 6.53. The quantitative estimate of drug-likeness (QED) is 0.475. The van der Waals surface area contributed by atoms with E-state index in [0.29, 0.717) is 6.54 Å². The van der Waals surface area contributed by atoms with Crippen molar-refractivity contribution < 1.29 is 22.9 Å². The van der Waals surface area contributed by atoms with E-state index in [4.69, 9.17) is 15.4 Å². The predicted molar refractivity (Wildman–Crippen MR) is 70.3 cm³/mol. The Labute approximate surface area is 119 Å². The topological polar surface area (TPSA) is 116 Å². The Morgan fingerprint density at radius 1 is 1.50 bits per heavy atom. The highest BCUT2D eigenvalue weighted by Gasteiger charge is 2.24. The number of amides is 1. The Hall–Kier alpha value is -1.87. The van der Waals surface area contributed by atoms with Crippen molar-refractivity contribution in [2.45, 2.75) is 11.8 Å². The number of nitrogens with one attached hydrogen (secondary N) is 1. The molecule has 0 heterocycles. The van der Waals surface area contributed by atoms with Crippen LogP contribution in [0.2, 0.25) is 0 Å². The van der Waals surface area contributed by atoms with Crippen LogP contribution in [-0.2, 0) is 13.8 Å². The van der Waals surface area contributed by atoms with E-state index in [-0.39, 0.29) is 12.4 Å². The molecular weight excluding hydrogens is 312 g/mol. The molecule has 8 nitrogen and oxygen atoms in total. The van der Waals surface area contributed by atoms with E-state index >= 15 is 0 Å². The first-order valence-electron chi connectivity index (χ1n) is 5.38. The van der Waals surface area contributed by atoms with Gasteiger partial charge in [-0.2, -0.15) is 0 Å². The van der Waals surface area contributed by atoms with Gasteiger partial charge in [0.1, 0.15) is 5.75 Å². The van der Waals surface area contributed by atoms with Crippen LogP contribution >= 0.6 is 10.7 Å². The van der Waals surface area contributed by atoms with Crippen molar-refractivity contribution >= 4 is 31.3 Å². The van der Waals surface area contributed by atoms with Gasteiger partial charge in [-0.15, -0.1) is 0 Å². The van der Waals surface area contributed by atoms with Gasteiger partial charge in [-0.1, -0.05) is 0 Å². The summed E-state index contributed by atoms with van der Waals surface area (Å²) in [4.78, 5) is 20.5. The fourth-order valence-corrected chi connectivity index (χ4v) is 2.34. The molecule has 1 rings (SSSR count). The van der Waals surface area contributed by atoms with Crippen LogP contribution in [0.25, 0.3) is 0 Å². The number of hydrogen-bond donors (Lipinski definition) is 1. The molecule has 1 aromatic carbocycles. The van der Waals surface area contributed by atoms with Gasteiger partial charge in [0.2, 0.25) is 0 Å². The van der Waals surface area contributed by atoms with Crippen LogP contribution in [0.4, 0.5) is 5.69 Å². The molecule has 1 N–H and O–H groups in total. The number of carbonyl (C=O) groups is 1. The van der Waals surface area contributed by atoms with Crippen molar-refractivity contribution in [3.63, 3.8) is 0 Å². The number of benzene rings is 1. The Balaban J connectivity index is 3.00. The van der Waals surface area contributed by atoms with Gasteiger partial charge >= 0.3 is 0 Å². The zero-order chi connectivity index (χ0) is 15.3. The highest BCUT2D eigenvalue weighted by molar-refractivity contribution is 8.13. The van der Waals surface area contributed by atoms with E-state index in [9.17, 15) is 23.3 Å². The first-order chi connectivity index (χ1) is 9.25. The summed E-state index contributed by atoms with van der Waals surface area (Å²) >= 11 is 0. The van der Waals surface area contributed by atoms with Gasteiger partial charge in [-0.3, -0.25) is 14.9 Å². The molecule has 1 amide bonds. The number of carbonyl (C=O) groups excluding carboxylic acids is 1. The van der Waals surface area contributed by atoms with E-state index in [0.717, 1.165) is 12.1 Å². The summed E-state index contributed by atoms with van der Waals surface area (Å²) in [5.41, 5.74) is -0.714. The van der Waals surface area contributed by atoms with Gasteiger partial charge in [0.05, 0.1) is 11.0 Å². The lowest BCUT2D eigenvalue weighted by molar-refractivity contribution is -0.387. The predicted octanol–water partition coefficient (Wildman–Crippen LogP) is 1.04. The lowest BCUT2D eigenvalue weighted by Crippen LogP contribution is -2.28. The monoisotopic (exact) mass is 322 g/mol. The van der Waals surface area contributed by atoms with Crippen LogP contribution < -0.4 is 10.1 Å². The fraction of sp³-hybridized carbons (Fsp3) is 0.300. The van der Waals surface area contributed by atoms with Crippen molar-refractivity contribution in [3.8, 4) is 5.75 Å².